The van der Waals surface area contributed by atoms with Gasteiger partial charge in [0.25, 0.3) is 0 Å². The number of carbonyl (C=O) groups is 1. The highest BCUT2D eigenvalue weighted by molar-refractivity contribution is 8.00. The van der Waals surface area contributed by atoms with Crippen molar-refractivity contribution in [3.05, 3.63) is 84.2 Å². The Balaban J connectivity index is 1.49. The number of nitrogens with zero attached hydrogens (tertiary/aromatic N) is 1. The number of ether oxygens (including phenoxy) is 1. The average molecular weight is 364 g/mol. The van der Waals surface area contributed by atoms with Gasteiger partial charge in [0, 0.05) is 23.0 Å². The van der Waals surface area contributed by atoms with E-state index in [9.17, 15) is 4.79 Å². The van der Waals surface area contributed by atoms with E-state index in [1.165, 1.54) is 22.9 Å². The van der Waals surface area contributed by atoms with Gasteiger partial charge in [0.1, 0.15) is 5.75 Å². The standard InChI is InChI=1S/C21H20N2O2S/c1-25-19-6-8-20(9-7-19)26-15-21(24)23-18-4-2-16(3-5-18)14-17-10-12-22-13-11-17/h2-13H,14-15H2,1H3,(H,23,24). The van der Waals surface area contributed by atoms with Gasteiger partial charge < -0.3 is 10.1 Å². The van der Waals surface area contributed by atoms with Gasteiger partial charge in [-0.25, -0.2) is 0 Å². The van der Waals surface area contributed by atoms with Crippen molar-refractivity contribution in [2.45, 2.75) is 11.3 Å². The number of pyridine rings is 1. The minimum absolute atomic E-state index is 0.0206. The first-order chi connectivity index (χ1) is 12.7. The normalized spacial score (nSPS) is 10.3. The molecule has 0 fully saturated rings. The lowest BCUT2D eigenvalue weighted by molar-refractivity contribution is -0.113. The number of nitrogens with one attached hydrogen (secondary N) is 1. The maximum absolute atomic E-state index is 12.1. The summed E-state index contributed by atoms with van der Waals surface area (Å²) in [6.07, 6.45) is 4.44. The molecule has 132 valence electrons. The number of aromatic nitrogens is 1. The largest absolute Gasteiger partial charge is 0.497 e. The molecule has 0 atom stereocenters. The Bertz CT molecular complexity index is 834. The highest BCUT2D eigenvalue weighted by Gasteiger charge is 2.05. The lowest BCUT2D eigenvalue weighted by Gasteiger charge is -2.07. The summed E-state index contributed by atoms with van der Waals surface area (Å²) in [5.41, 5.74) is 3.22. The molecule has 0 saturated carbocycles. The van der Waals surface area contributed by atoms with Crippen LogP contribution in [0.4, 0.5) is 5.69 Å². The van der Waals surface area contributed by atoms with Crippen molar-refractivity contribution in [1.29, 1.82) is 0 Å². The molecule has 1 amide bonds. The lowest BCUT2D eigenvalue weighted by atomic mass is 10.1. The molecule has 4 nitrogen and oxygen atoms in total. The van der Waals surface area contributed by atoms with E-state index < -0.39 is 0 Å². The first-order valence-corrected chi connectivity index (χ1v) is 9.26. The van der Waals surface area contributed by atoms with Crippen LogP contribution in [0.1, 0.15) is 11.1 Å². The molecule has 0 aliphatic carbocycles. The van der Waals surface area contributed by atoms with E-state index in [-0.39, 0.29) is 5.91 Å². The number of benzene rings is 2. The van der Waals surface area contributed by atoms with Crippen molar-refractivity contribution in [2.24, 2.45) is 0 Å². The minimum atomic E-state index is -0.0206. The Morgan fingerprint density at radius 1 is 0.962 bits per heavy atom. The fourth-order valence-corrected chi connectivity index (χ4v) is 3.16. The van der Waals surface area contributed by atoms with Crippen LogP contribution in [-0.2, 0) is 11.2 Å². The van der Waals surface area contributed by atoms with Crippen molar-refractivity contribution in [3.63, 3.8) is 0 Å². The first-order valence-electron chi connectivity index (χ1n) is 8.27. The number of methoxy groups -OCH3 is 1. The lowest BCUT2D eigenvalue weighted by Crippen LogP contribution is -2.13. The van der Waals surface area contributed by atoms with Crippen LogP contribution >= 0.6 is 11.8 Å². The van der Waals surface area contributed by atoms with Crippen LogP contribution in [0.2, 0.25) is 0 Å². The molecule has 0 aliphatic rings. The number of hydrogen-bond donors (Lipinski definition) is 1. The number of amides is 1. The van der Waals surface area contributed by atoms with Crippen molar-refractivity contribution in [1.82, 2.24) is 4.98 Å². The summed E-state index contributed by atoms with van der Waals surface area (Å²) in [5, 5.41) is 2.93. The van der Waals surface area contributed by atoms with Crippen LogP contribution in [0.15, 0.2) is 78.0 Å². The van der Waals surface area contributed by atoms with Gasteiger partial charge in [-0.15, -0.1) is 11.8 Å². The van der Waals surface area contributed by atoms with Gasteiger partial charge in [-0.05, 0) is 66.1 Å². The molecule has 0 radical (unpaired) electrons. The quantitative estimate of drug-likeness (QED) is 0.631. The predicted molar refractivity (Wildman–Crippen MR) is 106 cm³/mol. The molecule has 1 N–H and O–H groups in total. The van der Waals surface area contributed by atoms with E-state index in [1.807, 2.05) is 60.7 Å². The molecule has 0 unspecified atom stereocenters. The second-order valence-electron chi connectivity index (χ2n) is 5.74. The Labute approximate surface area is 157 Å². The zero-order valence-corrected chi connectivity index (χ0v) is 15.3. The number of thioether (sulfide) groups is 1. The average Bonchev–Trinajstić information content (AvgIpc) is 2.69. The van der Waals surface area contributed by atoms with Crippen LogP contribution in [0, 0.1) is 0 Å². The number of carbonyl (C=O) groups excluding carboxylic acids is 1. The molecule has 0 aliphatic heterocycles. The minimum Gasteiger partial charge on any atom is -0.497 e. The zero-order chi connectivity index (χ0) is 18.2. The monoisotopic (exact) mass is 364 g/mol. The number of rotatable bonds is 7. The Kier molecular flexibility index (Phi) is 6.28. The predicted octanol–water partition coefficient (Wildman–Crippen LogP) is 4.41. The van der Waals surface area contributed by atoms with Crippen LogP contribution in [-0.4, -0.2) is 23.8 Å². The highest BCUT2D eigenvalue weighted by atomic mass is 32.2. The summed E-state index contributed by atoms with van der Waals surface area (Å²) in [7, 11) is 1.64. The topological polar surface area (TPSA) is 51.2 Å². The summed E-state index contributed by atoms with van der Waals surface area (Å²) in [5.74, 6) is 1.16. The number of anilines is 1. The summed E-state index contributed by atoms with van der Waals surface area (Å²) in [6, 6.07) is 19.6. The molecular weight excluding hydrogens is 344 g/mol. The Morgan fingerprint density at radius 3 is 2.27 bits per heavy atom. The van der Waals surface area contributed by atoms with Gasteiger partial charge in [0.05, 0.1) is 12.9 Å². The SMILES string of the molecule is COc1ccc(SCC(=O)Nc2ccc(Cc3ccncc3)cc2)cc1. The van der Waals surface area contributed by atoms with Crippen LogP contribution in [0.25, 0.3) is 0 Å². The molecule has 0 saturated heterocycles. The molecular formula is C21H20N2O2S. The van der Waals surface area contributed by atoms with E-state index in [0.717, 1.165) is 22.8 Å². The summed E-state index contributed by atoms with van der Waals surface area (Å²) >= 11 is 1.50. The third-order valence-electron chi connectivity index (χ3n) is 3.82. The van der Waals surface area contributed by atoms with Gasteiger partial charge >= 0.3 is 0 Å². The van der Waals surface area contributed by atoms with Gasteiger partial charge in [-0.2, -0.15) is 0 Å². The molecule has 2 aromatic carbocycles. The molecule has 1 aromatic heterocycles. The van der Waals surface area contributed by atoms with Crippen LogP contribution < -0.4 is 10.1 Å². The molecule has 1 heterocycles. The van der Waals surface area contributed by atoms with E-state index in [0.29, 0.717) is 5.75 Å². The second kappa shape index (κ2) is 9.06. The second-order valence-corrected chi connectivity index (χ2v) is 6.79. The van der Waals surface area contributed by atoms with E-state index in [4.69, 9.17) is 4.74 Å². The molecule has 0 spiro atoms. The molecule has 3 aromatic rings. The van der Waals surface area contributed by atoms with Crippen molar-refractivity contribution in [3.8, 4) is 5.75 Å². The molecule has 26 heavy (non-hydrogen) atoms. The third-order valence-corrected chi connectivity index (χ3v) is 4.84. The van der Waals surface area contributed by atoms with Crippen LogP contribution in [0.5, 0.6) is 5.75 Å². The Morgan fingerprint density at radius 2 is 1.62 bits per heavy atom. The number of hydrogen-bond acceptors (Lipinski definition) is 4. The van der Waals surface area contributed by atoms with Gasteiger partial charge in [0.15, 0.2) is 0 Å². The van der Waals surface area contributed by atoms with E-state index in [2.05, 4.69) is 10.3 Å². The summed E-state index contributed by atoms with van der Waals surface area (Å²) in [4.78, 5) is 17.2. The summed E-state index contributed by atoms with van der Waals surface area (Å²) in [6.45, 7) is 0. The first kappa shape index (κ1) is 18.0. The van der Waals surface area contributed by atoms with Crippen LogP contribution in [0.3, 0.4) is 0 Å². The van der Waals surface area contributed by atoms with E-state index in [1.54, 1.807) is 19.5 Å². The van der Waals surface area contributed by atoms with Gasteiger partial charge in [-0.3, -0.25) is 9.78 Å². The maximum atomic E-state index is 12.1. The molecule has 5 heteroatoms. The van der Waals surface area contributed by atoms with Gasteiger partial charge in [-0.1, -0.05) is 12.1 Å². The smallest absolute Gasteiger partial charge is 0.234 e. The van der Waals surface area contributed by atoms with Crippen molar-refractivity contribution < 1.29 is 9.53 Å². The molecule has 3 rings (SSSR count). The van der Waals surface area contributed by atoms with Crippen molar-refractivity contribution in [2.75, 3.05) is 18.2 Å². The maximum Gasteiger partial charge on any atom is 0.234 e. The highest BCUT2D eigenvalue weighted by Crippen LogP contribution is 2.21. The molecule has 0 bridgehead atoms. The fraction of sp³-hybridized carbons (Fsp3) is 0.143. The van der Waals surface area contributed by atoms with E-state index >= 15 is 0 Å². The third kappa shape index (κ3) is 5.36. The zero-order valence-electron chi connectivity index (χ0n) is 14.5. The fourth-order valence-electron chi connectivity index (χ4n) is 2.46. The Hall–Kier alpha value is -2.79. The van der Waals surface area contributed by atoms with Crippen molar-refractivity contribution >= 4 is 23.4 Å². The summed E-state index contributed by atoms with van der Waals surface area (Å²) < 4.78 is 5.13. The van der Waals surface area contributed by atoms with Gasteiger partial charge in [0.2, 0.25) is 5.91 Å².